The van der Waals surface area contributed by atoms with Gasteiger partial charge in [-0.25, -0.2) is 0 Å². The Morgan fingerprint density at radius 1 is 0.842 bits per heavy atom. The molecule has 0 aliphatic heterocycles. The fraction of sp³-hybridized carbons (Fsp3) is 0.765. The lowest BCUT2D eigenvalue weighted by molar-refractivity contribution is 0.438. The molecule has 2 fully saturated rings. The van der Waals surface area contributed by atoms with Gasteiger partial charge in [-0.15, -0.1) is 11.6 Å². The van der Waals surface area contributed by atoms with Crippen LogP contribution in [0.2, 0.25) is 0 Å². The largest absolute Gasteiger partial charge is 0.126 e. The van der Waals surface area contributed by atoms with Gasteiger partial charge in [-0.3, -0.25) is 0 Å². The third-order valence-electron chi connectivity index (χ3n) is 5.51. The van der Waals surface area contributed by atoms with E-state index < -0.39 is 0 Å². The van der Waals surface area contributed by atoms with Gasteiger partial charge < -0.3 is 0 Å². The van der Waals surface area contributed by atoms with Crippen molar-refractivity contribution in [3.05, 3.63) is 24.3 Å². The summed E-state index contributed by atoms with van der Waals surface area (Å²) in [6, 6.07) is 0. The van der Waals surface area contributed by atoms with Gasteiger partial charge in [-0.2, -0.15) is 0 Å². The third-order valence-corrected chi connectivity index (χ3v) is 6.37. The fourth-order valence-corrected chi connectivity index (χ4v) is 5.38. The molecule has 0 radical (unpaired) electrons. The van der Waals surface area contributed by atoms with E-state index in [1.807, 2.05) is 0 Å². The Morgan fingerprint density at radius 3 is 1.74 bits per heavy atom. The van der Waals surface area contributed by atoms with Crippen molar-refractivity contribution in [1.29, 1.82) is 0 Å². The van der Waals surface area contributed by atoms with Crippen LogP contribution in [-0.2, 0) is 0 Å². The van der Waals surface area contributed by atoms with Crippen molar-refractivity contribution in [1.82, 2.24) is 0 Å². The zero-order chi connectivity index (χ0) is 13.2. The first-order chi connectivity index (χ1) is 9.30. The summed E-state index contributed by atoms with van der Waals surface area (Å²) in [4.78, 5) is 0. The highest BCUT2D eigenvalue weighted by molar-refractivity contribution is 9.09. The zero-order valence-corrected chi connectivity index (χ0v) is 13.8. The summed E-state index contributed by atoms with van der Waals surface area (Å²) in [7, 11) is 0. The first kappa shape index (κ1) is 14.2. The molecule has 0 heterocycles. The average molecular weight is 344 g/mol. The third kappa shape index (κ3) is 3.13. The number of halogens is 2. The zero-order valence-electron chi connectivity index (χ0n) is 11.5. The van der Waals surface area contributed by atoms with Gasteiger partial charge in [-0.1, -0.05) is 40.2 Å². The van der Waals surface area contributed by atoms with Crippen LogP contribution in [0.1, 0.15) is 32.1 Å². The molecule has 0 N–H and O–H groups in total. The number of alkyl halides is 2. The summed E-state index contributed by atoms with van der Waals surface area (Å²) in [5.74, 6) is 6.31. The van der Waals surface area contributed by atoms with Crippen LogP contribution in [0, 0.1) is 35.5 Å². The Bertz CT molecular complexity index is 362. The molecular weight excluding hydrogens is 320 g/mol. The maximum absolute atomic E-state index is 5.77. The van der Waals surface area contributed by atoms with E-state index in [0.717, 1.165) is 41.4 Å². The molecule has 6 atom stereocenters. The first-order valence-corrected chi connectivity index (χ1v) is 9.44. The lowest BCUT2D eigenvalue weighted by atomic mass is 9.91. The van der Waals surface area contributed by atoms with Crippen LogP contribution < -0.4 is 0 Å². The second-order valence-corrected chi connectivity index (χ2v) is 7.81. The van der Waals surface area contributed by atoms with E-state index in [4.69, 9.17) is 11.6 Å². The van der Waals surface area contributed by atoms with E-state index in [-0.39, 0.29) is 0 Å². The van der Waals surface area contributed by atoms with Crippen molar-refractivity contribution in [3.63, 3.8) is 0 Å². The molecule has 6 unspecified atom stereocenters. The topological polar surface area (TPSA) is 0 Å². The highest BCUT2D eigenvalue weighted by atomic mass is 79.9. The second kappa shape index (κ2) is 6.35. The van der Waals surface area contributed by atoms with Crippen LogP contribution in [0.5, 0.6) is 0 Å². The van der Waals surface area contributed by atoms with Crippen LogP contribution in [0.4, 0.5) is 0 Å². The van der Waals surface area contributed by atoms with Crippen molar-refractivity contribution in [3.8, 4) is 0 Å². The number of rotatable bonds is 3. The van der Waals surface area contributed by atoms with Gasteiger partial charge in [0.25, 0.3) is 0 Å². The molecule has 4 rings (SSSR count). The predicted octanol–water partition coefficient (Wildman–Crippen LogP) is 5.42. The van der Waals surface area contributed by atoms with Crippen molar-refractivity contribution in [2.24, 2.45) is 35.5 Å². The fourth-order valence-electron chi connectivity index (χ4n) is 4.44. The molecule has 2 saturated carbocycles. The summed E-state index contributed by atoms with van der Waals surface area (Å²) in [5.41, 5.74) is 0. The highest BCUT2D eigenvalue weighted by Gasteiger charge is 2.35. The van der Waals surface area contributed by atoms with E-state index in [1.165, 1.54) is 37.4 Å². The minimum atomic E-state index is 0.807. The van der Waals surface area contributed by atoms with Crippen molar-refractivity contribution >= 4 is 27.5 Å². The molecule has 2 heteroatoms. The van der Waals surface area contributed by atoms with E-state index in [9.17, 15) is 0 Å². The SMILES string of the molecule is BrCCC1CC2C=CC1C2.ClCC1CC2C=CC1C2. The highest BCUT2D eigenvalue weighted by Crippen LogP contribution is 2.45. The molecule has 0 aromatic carbocycles. The molecule has 0 saturated heterocycles. The molecule has 0 amide bonds. The Balaban J connectivity index is 0.000000117. The summed E-state index contributed by atoms with van der Waals surface area (Å²) >= 11 is 9.27. The van der Waals surface area contributed by atoms with Crippen molar-refractivity contribution in [2.45, 2.75) is 32.1 Å². The molecule has 4 aliphatic carbocycles. The predicted molar refractivity (Wildman–Crippen MR) is 86.8 cm³/mol. The maximum atomic E-state index is 5.77. The lowest BCUT2D eigenvalue weighted by Crippen LogP contribution is -2.07. The van der Waals surface area contributed by atoms with Gasteiger partial charge in [0, 0.05) is 11.2 Å². The summed E-state index contributed by atoms with van der Waals surface area (Å²) in [5, 5.41) is 1.19. The van der Waals surface area contributed by atoms with E-state index in [2.05, 4.69) is 40.2 Å². The Morgan fingerprint density at radius 2 is 1.42 bits per heavy atom. The molecule has 0 spiro atoms. The number of hydrogen-bond donors (Lipinski definition) is 0. The Kier molecular flexibility index (Phi) is 4.74. The minimum absolute atomic E-state index is 0.807. The summed E-state index contributed by atoms with van der Waals surface area (Å²) in [6.45, 7) is 0. The summed E-state index contributed by atoms with van der Waals surface area (Å²) < 4.78 is 0. The van der Waals surface area contributed by atoms with Gasteiger partial charge in [0.2, 0.25) is 0 Å². The van der Waals surface area contributed by atoms with Crippen LogP contribution >= 0.6 is 27.5 Å². The normalized spacial score (nSPS) is 44.7. The van der Waals surface area contributed by atoms with Gasteiger partial charge in [0.05, 0.1) is 0 Å². The van der Waals surface area contributed by atoms with Crippen LogP contribution in [0.3, 0.4) is 0 Å². The molecule has 106 valence electrons. The lowest BCUT2D eigenvalue weighted by Gasteiger charge is -2.15. The quantitative estimate of drug-likeness (QED) is 0.474. The van der Waals surface area contributed by atoms with Gasteiger partial charge in [0.1, 0.15) is 0 Å². The molecule has 4 aliphatic rings. The molecule has 19 heavy (non-hydrogen) atoms. The van der Waals surface area contributed by atoms with Gasteiger partial charge in [-0.05, 0) is 67.6 Å². The minimum Gasteiger partial charge on any atom is -0.126 e. The number of fused-ring (bicyclic) bond motifs is 4. The smallest absolute Gasteiger partial charge is 0.0257 e. The molecule has 0 aromatic heterocycles. The van der Waals surface area contributed by atoms with E-state index >= 15 is 0 Å². The Labute approximate surface area is 130 Å². The van der Waals surface area contributed by atoms with Gasteiger partial charge in [0.15, 0.2) is 0 Å². The average Bonchev–Trinajstić information content (AvgIpc) is 3.19. The van der Waals surface area contributed by atoms with Crippen LogP contribution in [-0.4, -0.2) is 11.2 Å². The molecule has 0 nitrogen and oxygen atoms in total. The summed E-state index contributed by atoms with van der Waals surface area (Å²) in [6.07, 6.45) is 16.6. The van der Waals surface area contributed by atoms with Crippen molar-refractivity contribution in [2.75, 3.05) is 11.2 Å². The number of hydrogen-bond acceptors (Lipinski definition) is 0. The Hall–Kier alpha value is 0.250. The first-order valence-electron chi connectivity index (χ1n) is 7.78. The van der Waals surface area contributed by atoms with E-state index in [1.54, 1.807) is 0 Å². The van der Waals surface area contributed by atoms with Gasteiger partial charge >= 0.3 is 0 Å². The van der Waals surface area contributed by atoms with Crippen LogP contribution in [0.15, 0.2) is 24.3 Å². The van der Waals surface area contributed by atoms with E-state index in [0.29, 0.717) is 0 Å². The number of allylic oxidation sites excluding steroid dienone is 4. The monoisotopic (exact) mass is 342 g/mol. The second-order valence-electron chi connectivity index (χ2n) is 6.71. The molecule has 0 aromatic rings. The standard InChI is InChI=1S/C9H13Br.C8H11Cl/c10-4-3-9-6-7-1-2-8(9)5-7;9-5-8-4-6-1-2-7(8)3-6/h1-2,7-9H,3-6H2;1-2,6-8H,3-5H2. The molecule has 4 bridgehead atoms. The molecular formula is C17H24BrCl. The maximum Gasteiger partial charge on any atom is 0.0257 e. The van der Waals surface area contributed by atoms with Crippen molar-refractivity contribution < 1.29 is 0 Å². The van der Waals surface area contributed by atoms with Crippen LogP contribution in [0.25, 0.3) is 0 Å².